The van der Waals surface area contributed by atoms with Crippen LogP contribution in [-0.4, -0.2) is 63.7 Å². The van der Waals surface area contributed by atoms with E-state index < -0.39 is 11.4 Å². The van der Waals surface area contributed by atoms with Crippen LogP contribution in [0.15, 0.2) is 84.3 Å². The molecule has 1 fully saturated rings. The maximum Gasteiger partial charge on any atom is 0.264 e. The first-order chi connectivity index (χ1) is 18.4. The molecule has 3 aromatic heterocycles. The molecule has 0 bridgehead atoms. The molecule has 0 aliphatic carbocycles. The topological polar surface area (TPSA) is 111 Å². The van der Waals surface area contributed by atoms with Gasteiger partial charge in [0.1, 0.15) is 17.5 Å². The first-order valence-electron chi connectivity index (χ1n) is 12.2. The van der Waals surface area contributed by atoms with Crippen molar-refractivity contribution in [1.29, 1.82) is 0 Å². The number of rotatable bonds is 5. The van der Waals surface area contributed by atoms with Crippen molar-refractivity contribution >= 4 is 16.9 Å². The van der Waals surface area contributed by atoms with Crippen molar-refractivity contribution in [1.82, 2.24) is 34.0 Å². The lowest BCUT2D eigenvalue weighted by Gasteiger charge is -2.38. The molecule has 4 heterocycles. The Morgan fingerprint density at radius 3 is 2.39 bits per heavy atom. The number of hydrogen-bond acceptors (Lipinski definition) is 6. The lowest BCUT2D eigenvalue weighted by Crippen LogP contribution is -2.49. The highest BCUT2D eigenvalue weighted by Gasteiger charge is 2.35. The number of amides is 1. The molecular weight excluding hydrogens is 489 g/mol. The fourth-order valence-electron chi connectivity index (χ4n) is 4.79. The fourth-order valence-corrected chi connectivity index (χ4v) is 4.79. The van der Waals surface area contributed by atoms with Crippen molar-refractivity contribution in [3.05, 3.63) is 101 Å². The van der Waals surface area contributed by atoms with Crippen molar-refractivity contribution in [2.24, 2.45) is 0 Å². The number of piperidine rings is 1. The van der Waals surface area contributed by atoms with Crippen LogP contribution in [-0.2, 0) is 6.54 Å². The van der Waals surface area contributed by atoms with Gasteiger partial charge in [-0.05, 0) is 67.4 Å². The van der Waals surface area contributed by atoms with Crippen molar-refractivity contribution in [3.8, 4) is 11.4 Å². The van der Waals surface area contributed by atoms with Crippen LogP contribution in [0.1, 0.15) is 23.2 Å². The fraction of sp³-hybridized carbons (Fsp3) is 0.222. The highest BCUT2D eigenvalue weighted by molar-refractivity contribution is 5.94. The van der Waals surface area contributed by atoms with Gasteiger partial charge in [-0.2, -0.15) is 10.2 Å². The van der Waals surface area contributed by atoms with Crippen molar-refractivity contribution in [3.63, 3.8) is 0 Å². The number of fused-ring (bicyclic) bond motifs is 1. The minimum atomic E-state index is -1.17. The first kappa shape index (κ1) is 23.7. The normalized spacial score (nSPS) is 15.2. The molecule has 0 atom stereocenters. The third kappa shape index (κ3) is 4.37. The SMILES string of the molecule is O=C(c1ccc(F)cc1)N1CCC(O)(Cn2cnc3c(cnn3-c3ccc(-n4cccn4)cc3)c2=O)CC1. The summed E-state index contributed by atoms with van der Waals surface area (Å²) >= 11 is 0. The van der Waals surface area contributed by atoms with Gasteiger partial charge in [0, 0.05) is 31.0 Å². The maximum absolute atomic E-state index is 13.2. The largest absolute Gasteiger partial charge is 0.388 e. The van der Waals surface area contributed by atoms with E-state index >= 15 is 0 Å². The van der Waals surface area contributed by atoms with E-state index in [0.29, 0.717) is 42.5 Å². The molecule has 0 spiro atoms. The highest BCUT2D eigenvalue weighted by atomic mass is 19.1. The molecule has 6 rings (SSSR count). The number of carbonyl (C=O) groups is 1. The summed E-state index contributed by atoms with van der Waals surface area (Å²) in [6.45, 7) is 0.699. The van der Waals surface area contributed by atoms with Crippen molar-refractivity contribution in [2.75, 3.05) is 13.1 Å². The minimum absolute atomic E-state index is 0.0527. The van der Waals surface area contributed by atoms with Crippen LogP contribution in [0, 0.1) is 5.82 Å². The monoisotopic (exact) mass is 513 g/mol. The van der Waals surface area contributed by atoms with Gasteiger partial charge in [-0.3, -0.25) is 14.2 Å². The average molecular weight is 514 g/mol. The number of nitrogens with zero attached hydrogens (tertiary/aromatic N) is 7. The van der Waals surface area contributed by atoms with E-state index in [1.807, 2.05) is 36.5 Å². The van der Waals surface area contributed by atoms with Crippen molar-refractivity contribution in [2.45, 2.75) is 25.0 Å². The zero-order valence-electron chi connectivity index (χ0n) is 20.3. The number of carbonyl (C=O) groups excluding carboxylic acids is 1. The second-order valence-electron chi connectivity index (χ2n) is 9.46. The predicted octanol–water partition coefficient (Wildman–Crippen LogP) is 2.57. The highest BCUT2D eigenvalue weighted by Crippen LogP contribution is 2.25. The van der Waals surface area contributed by atoms with E-state index in [4.69, 9.17) is 0 Å². The molecule has 1 aliphatic heterocycles. The quantitative estimate of drug-likeness (QED) is 0.387. The van der Waals surface area contributed by atoms with Crippen LogP contribution in [0.4, 0.5) is 4.39 Å². The van der Waals surface area contributed by atoms with Gasteiger partial charge >= 0.3 is 0 Å². The summed E-state index contributed by atoms with van der Waals surface area (Å²) in [6, 6.07) is 14.8. The van der Waals surface area contributed by atoms with E-state index in [1.165, 1.54) is 41.4 Å². The Labute approximate surface area is 216 Å². The van der Waals surface area contributed by atoms with Gasteiger partial charge < -0.3 is 10.0 Å². The van der Waals surface area contributed by atoms with Gasteiger partial charge in [-0.1, -0.05) is 0 Å². The van der Waals surface area contributed by atoms with Crippen LogP contribution >= 0.6 is 0 Å². The number of halogens is 1. The molecule has 1 saturated heterocycles. The Morgan fingerprint density at radius 2 is 1.71 bits per heavy atom. The van der Waals surface area contributed by atoms with Crippen LogP contribution in [0.2, 0.25) is 0 Å². The predicted molar refractivity (Wildman–Crippen MR) is 137 cm³/mol. The molecule has 38 heavy (non-hydrogen) atoms. The average Bonchev–Trinajstić information content (AvgIpc) is 3.62. The molecule has 2 aromatic carbocycles. The number of likely N-dealkylation sites (tertiary alicyclic amines) is 1. The molecule has 1 amide bonds. The Morgan fingerprint density at radius 1 is 1.00 bits per heavy atom. The summed E-state index contributed by atoms with van der Waals surface area (Å²) in [4.78, 5) is 32.1. The zero-order chi connectivity index (χ0) is 26.3. The summed E-state index contributed by atoms with van der Waals surface area (Å²) in [5.41, 5.74) is 0.992. The van der Waals surface area contributed by atoms with Gasteiger partial charge in [0.2, 0.25) is 0 Å². The zero-order valence-corrected chi connectivity index (χ0v) is 20.3. The van der Waals surface area contributed by atoms with Crippen LogP contribution in [0.25, 0.3) is 22.4 Å². The molecule has 10 nitrogen and oxygen atoms in total. The van der Waals surface area contributed by atoms with Gasteiger partial charge in [-0.25, -0.2) is 18.7 Å². The van der Waals surface area contributed by atoms with Gasteiger partial charge in [0.05, 0.1) is 29.7 Å². The molecule has 11 heteroatoms. The molecule has 192 valence electrons. The standard InChI is InChI=1S/C27H24FN7O3/c28-20-4-2-19(3-5-20)25(36)32-14-10-27(38,11-15-32)17-33-18-29-24-23(26(33)37)16-31-35(24)22-8-6-21(7-9-22)34-13-1-12-30-34/h1-9,12-13,16,18,38H,10-11,14-15,17H2. The Kier molecular flexibility index (Phi) is 5.84. The number of aliphatic hydroxyl groups is 1. The Balaban J connectivity index is 1.17. The van der Waals surface area contributed by atoms with Crippen LogP contribution < -0.4 is 5.56 Å². The summed E-state index contributed by atoms with van der Waals surface area (Å²) in [6.07, 6.45) is 7.06. The molecule has 0 saturated carbocycles. The molecule has 0 radical (unpaired) electrons. The summed E-state index contributed by atoms with van der Waals surface area (Å²) in [5.74, 6) is -0.614. The van der Waals surface area contributed by atoms with Crippen LogP contribution in [0.5, 0.6) is 0 Å². The van der Waals surface area contributed by atoms with E-state index in [0.717, 1.165) is 11.4 Å². The molecule has 5 aromatic rings. The second kappa shape index (κ2) is 9.34. The maximum atomic E-state index is 13.2. The van der Waals surface area contributed by atoms with E-state index in [1.54, 1.807) is 20.5 Å². The summed E-state index contributed by atoms with van der Waals surface area (Å²) in [7, 11) is 0. The van der Waals surface area contributed by atoms with Gasteiger partial charge in [0.15, 0.2) is 5.65 Å². The lowest BCUT2D eigenvalue weighted by molar-refractivity contribution is -0.0299. The third-order valence-electron chi connectivity index (χ3n) is 6.95. The number of aromatic nitrogens is 6. The third-order valence-corrected chi connectivity index (χ3v) is 6.95. The minimum Gasteiger partial charge on any atom is -0.388 e. The first-order valence-corrected chi connectivity index (χ1v) is 12.2. The Bertz CT molecular complexity index is 1650. The number of hydrogen-bond donors (Lipinski definition) is 1. The molecule has 0 unspecified atom stereocenters. The van der Waals surface area contributed by atoms with Gasteiger partial charge in [-0.15, -0.1) is 0 Å². The van der Waals surface area contributed by atoms with Crippen LogP contribution in [0.3, 0.4) is 0 Å². The summed E-state index contributed by atoms with van der Waals surface area (Å²) < 4.78 is 17.9. The second-order valence-corrected chi connectivity index (χ2v) is 9.46. The Hall–Kier alpha value is -4.64. The molecular formula is C27H24FN7O3. The summed E-state index contributed by atoms with van der Waals surface area (Å²) in [5, 5.41) is 20.2. The van der Waals surface area contributed by atoms with Gasteiger partial charge in [0.25, 0.3) is 11.5 Å². The number of benzene rings is 2. The molecule has 1 N–H and O–H groups in total. The van der Waals surface area contributed by atoms with E-state index in [9.17, 15) is 19.1 Å². The van der Waals surface area contributed by atoms with Crippen molar-refractivity contribution < 1.29 is 14.3 Å². The van der Waals surface area contributed by atoms with E-state index in [2.05, 4.69) is 15.2 Å². The van der Waals surface area contributed by atoms with E-state index in [-0.39, 0.29) is 18.0 Å². The smallest absolute Gasteiger partial charge is 0.264 e. The molecule has 1 aliphatic rings. The lowest BCUT2D eigenvalue weighted by atomic mass is 9.91.